The van der Waals surface area contributed by atoms with E-state index in [2.05, 4.69) is 50.1 Å². The van der Waals surface area contributed by atoms with Crippen LogP contribution in [0.5, 0.6) is 0 Å². The van der Waals surface area contributed by atoms with Crippen LogP contribution in [0.25, 0.3) is 10.9 Å². The molecule has 23 heavy (non-hydrogen) atoms. The Morgan fingerprint density at radius 2 is 2.09 bits per heavy atom. The summed E-state index contributed by atoms with van der Waals surface area (Å²) in [5.74, 6) is 1.66. The van der Waals surface area contributed by atoms with Gasteiger partial charge in [0.1, 0.15) is 5.82 Å². The topological polar surface area (TPSA) is 36.4 Å². The van der Waals surface area contributed by atoms with Gasteiger partial charge in [0.05, 0.1) is 5.52 Å². The average molecular weight is 311 g/mol. The average Bonchev–Trinajstić information content (AvgIpc) is 2.87. The molecule has 1 atom stereocenters. The number of fused-ring (bicyclic) bond motifs is 1. The monoisotopic (exact) mass is 311 g/mol. The van der Waals surface area contributed by atoms with Gasteiger partial charge in [-0.15, -0.1) is 0 Å². The summed E-state index contributed by atoms with van der Waals surface area (Å²) in [7, 11) is 2.07. The molecule has 0 radical (unpaired) electrons. The highest BCUT2D eigenvalue weighted by Gasteiger charge is 2.29. The lowest BCUT2D eigenvalue weighted by Crippen LogP contribution is -2.29. The van der Waals surface area contributed by atoms with Crippen molar-refractivity contribution in [3.63, 3.8) is 0 Å². The Morgan fingerprint density at radius 3 is 2.78 bits per heavy atom. The molecule has 1 aromatic heterocycles. The highest BCUT2D eigenvalue weighted by atomic mass is 16.2. The number of aryl methyl sites for hydroxylation is 2. The van der Waals surface area contributed by atoms with Crippen LogP contribution in [0.1, 0.15) is 24.5 Å². The third-order valence-corrected chi connectivity index (χ3v) is 4.76. The van der Waals surface area contributed by atoms with Gasteiger partial charge < -0.3 is 9.80 Å². The van der Waals surface area contributed by atoms with Crippen molar-refractivity contribution in [2.45, 2.75) is 27.2 Å². The van der Waals surface area contributed by atoms with E-state index in [9.17, 15) is 4.79 Å². The lowest BCUT2D eigenvalue weighted by molar-refractivity contribution is -0.127. The quantitative estimate of drug-likeness (QED) is 0.870. The molecule has 0 spiro atoms. The van der Waals surface area contributed by atoms with Crippen molar-refractivity contribution in [1.82, 2.24) is 9.88 Å². The highest BCUT2D eigenvalue weighted by molar-refractivity contribution is 5.84. The SMILES string of the molecule is CCN1CC(CN(C)c2cc(C)c3cc(C)ccc3n2)CC1=O. The predicted octanol–water partition coefficient (Wildman–Crippen LogP) is 3.16. The summed E-state index contributed by atoms with van der Waals surface area (Å²) in [6, 6.07) is 8.53. The number of likely N-dealkylation sites (tertiary alicyclic amines) is 1. The lowest BCUT2D eigenvalue weighted by atomic mass is 10.1. The van der Waals surface area contributed by atoms with Crippen LogP contribution in [0, 0.1) is 19.8 Å². The van der Waals surface area contributed by atoms with Crippen molar-refractivity contribution in [3.8, 4) is 0 Å². The molecular formula is C19H25N3O. The Hall–Kier alpha value is -2.10. The number of benzene rings is 1. The molecule has 122 valence electrons. The van der Waals surface area contributed by atoms with Gasteiger partial charge >= 0.3 is 0 Å². The number of aromatic nitrogens is 1. The molecule has 0 saturated carbocycles. The van der Waals surface area contributed by atoms with E-state index in [4.69, 9.17) is 4.98 Å². The van der Waals surface area contributed by atoms with E-state index in [1.54, 1.807) is 0 Å². The van der Waals surface area contributed by atoms with E-state index in [0.717, 1.165) is 31.0 Å². The number of amides is 1. The molecule has 1 aromatic carbocycles. The minimum Gasteiger partial charge on any atom is -0.359 e. The predicted molar refractivity (Wildman–Crippen MR) is 94.8 cm³/mol. The van der Waals surface area contributed by atoms with Gasteiger partial charge in [0.25, 0.3) is 0 Å². The van der Waals surface area contributed by atoms with E-state index < -0.39 is 0 Å². The standard InChI is InChI=1S/C19H25N3O/c1-5-22-12-15(10-19(22)23)11-21(4)18-9-14(3)16-8-13(2)6-7-17(16)20-18/h6-9,15H,5,10-12H2,1-4H3. The zero-order valence-electron chi connectivity index (χ0n) is 14.5. The van der Waals surface area contributed by atoms with E-state index in [1.807, 2.05) is 11.8 Å². The Bertz CT molecular complexity index is 741. The number of hydrogen-bond acceptors (Lipinski definition) is 3. The van der Waals surface area contributed by atoms with Gasteiger partial charge in [0.15, 0.2) is 0 Å². The summed E-state index contributed by atoms with van der Waals surface area (Å²) in [4.78, 5) is 20.8. The number of anilines is 1. The summed E-state index contributed by atoms with van der Waals surface area (Å²) in [6.45, 7) is 8.83. The zero-order chi connectivity index (χ0) is 16.6. The maximum Gasteiger partial charge on any atom is 0.222 e. The molecular weight excluding hydrogens is 286 g/mol. The fraction of sp³-hybridized carbons (Fsp3) is 0.474. The molecule has 1 aliphatic heterocycles. The van der Waals surface area contributed by atoms with E-state index in [0.29, 0.717) is 12.3 Å². The van der Waals surface area contributed by atoms with Crippen molar-refractivity contribution < 1.29 is 4.79 Å². The number of pyridine rings is 1. The second-order valence-electron chi connectivity index (χ2n) is 6.70. The van der Waals surface area contributed by atoms with Crippen molar-refractivity contribution >= 4 is 22.6 Å². The van der Waals surface area contributed by atoms with Gasteiger partial charge in [-0.3, -0.25) is 4.79 Å². The van der Waals surface area contributed by atoms with Crippen LogP contribution >= 0.6 is 0 Å². The van der Waals surface area contributed by atoms with Crippen LogP contribution in [-0.2, 0) is 4.79 Å². The van der Waals surface area contributed by atoms with E-state index in [-0.39, 0.29) is 5.91 Å². The summed E-state index contributed by atoms with van der Waals surface area (Å²) in [5.41, 5.74) is 3.54. The molecule has 2 heterocycles. The van der Waals surface area contributed by atoms with Crippen LogP contribution in [0.2, 0.25) is 0 Å². The second kappa shape index (κ2) is 6.19. The van der Waals surface area contributed by atoms with Crippen molar-refractivity contribution in [1.29, 1.82) is 0 Å². The molecule has 1 saturated heterocycles. The zero-order valence-corrected chi connectivity index (χ0v) is 14.5. The first-order valence-electron chi connectivity index (χ1n) is 8.35. The summed E-state index contributed by atoms with van der Waals surface area (Å²) < 4.78 is 0. The number of carbonyl (C=O) groups excluding carboxylic acids is 1. The van der Waals surface area contributed by atoms with Crippen molar-refractivity contribution in [2.75, 3.05) is 31.6 Å². The highest BCUT2D eigenvalue weighted by Crippen LogP contribution is 2.25. The maximum atomic E-state index is 11.9. The molecule has 0 aliphatic carbocycles. The Kier molecular flexibility index (Phi) is 4.24. The summed E-state index contributed by atoms with van der Waals surface area (Å²) in [5, 5.41) is 1.22. The smallest absolute Gasteiger partial charge is 0.222 e. The number of hydrogen-bond donors (Lipinski definition) is 0. The normalized spacial score (nSPS) is 18.0. The minimum absolute atomic E-state index is 0.282. The molecule has 1 aliphatic rings. The van der Waals surface area contributed by atoms with Gasteiger partial charge in [0, 0.05) is 44.4 Å². The molecule has 0 N–H and O–H groups in total. The van der Waals surface area contributed by atoms with E-state index in [1.165, 1.54) is 16.5 Å². The number of carbonyl (C=O) groups is 1. The Morgan fingerprint density at radius 1 is 1.30 bits per heavy atom. The molecule has 4 heteroatoms. The summed E-state index contributed by atoms with van der Waals surface area (Å²) in [6.07, 6.45) is 0.657. The molecule has 0 bridgehead atoms. The number of nitrogens with zero attached hydrogens (tertiary/aromatic N) is 3. The van der Waals surface area contributed by atoms with Gasteiger partial charge in [0.2, 0.25) is 5.91 Å². The molecule has 1 amide bonds. The van der Waals surface area contributed by atoms with Gasteiger partial charge in [-0.25, -0.2) is 4.98 Å². The van der Waals surface area contributed by atoms with Crippen molar-refractivity contribution in [2.24, 2.45) is 5.92 Å². The maximum absolute atomic E-state index is 11.9. The summed E-state index contributed by atoms with van der Waals surface area (Å²) >= 11 is 0. The first-order chi connectivity index (χ1) is 11.0. The van der Waals surface area contributed by atoms with Gasteiger partial charge in [-0.2, -0.15) is 0 Å². The third kappa shape index (κ3) is 3.16. The Labute approximate surface area is 138 Å². The lowest BCUT2D eigenvalue weighted by Gasteiger charge is -2.23. The van der Waals surface area contributed by atoms with Crippen LogP contribution in [-0.4, -0.2) is 42.5 Å². The van der Waals surface area contributed by atoms with Crippen LogP contribution < -0.4 is 4.90 Å². The van der Waals surface area contributed by atoms with Crippen LogP contribution in [0.4, 0.5) is 5.82 Å². The molecule has 3 rings (SSSR count). The van der Waals surface area contributed by atoms with Crippen LogP contribution in [0.3, 0.4) is 0 Å². The molecule has 4 nitrogen and oxygen atoms in total. The fourth-order valence-electron chi connectivity index (χ4n) is 3.45. The van der Waals surface area contributed by atoms with Gasteiger partial charge in [-0.1, -0.05) is 11.6 Å². The van der Waals surface area contributed by atoms with Gasteiger partial charge in [-0.05, 0) is 44.5 Å². The van der Waals surface area contributed by atoms with E-state index >= 15 is 0 Å². The van der Waals surface area contributed by atoms with Crippen LogP contribution in [0.15, 0.2) is 24.3 Å². The second-order valence-corrected chi connectivity index (χ2v) is 6.70. The minimum atomic E-state index is 0.282. The third-order valence-electron chi connectivity index (χ3n) is 4.76. The fourth-order valence-corrected chi connectivity index (χ4v) is 3.45. The first-order valence-corrected chi connectivity index (χ1v) is 8.35. The molecule has 2 aromatic rings. The number of rotatable bonds is 4. The molecule has 1 unspecified atom stereocenters. The Balaban J connectivity index is 1.80. The largest absolute Gasteiger partial charge is 0.359 e. The van der Waals surface area contributed by atoms with Crippen molar-refractivity contribution in [3.05, 3.63) is 35.4 Å². The molecule has 1 fully saturated rings. The first kappa shape index (κ1) is 15.8.